The number of nitrogens with zero attached hydrogens (tertiary/aromatic N) is 1. The summed E-state index contributed by atoms with van der Waals surface area (Å²) in [4.78, 5) is 26.3. The second kappa shape index (κ2) is 9.51. The molecule has 5 heteroatoms. The molecule has 0 aliphatic heterocycles. The Morgan fingerprint density at radius 3 is 2.54 bits per heavy atom. The zero-order chi connectivity index (χ0) is 19.1. The highest BCUT2D eigenvalue weighted by atomic mass is 16.2. The summed E-state index contributed by atoms with van der Waals surface area (Å²) >= 11 is 0. The SMILES string of the molecule is CCCC(=N)Cc1ccc(C(=O)NC2[CH]CCC(C(=O)N(C)C)C2)cc1. The predicted octanol–water partition coefficient (Wildman–Crippen LogP) is 3.24. The number of nitrogens with one attached hydrogen (secondary N) is 2. The van der Waals surface area contributed by atoms with Crippen molar-refractivity contribution in [2.24, 2.45) is 5.92 Å². The molecule has 2 rings (SSSR count). The van der Waals surface area contributed by atoms with Gasteiger partial charge >= 0.3 is 0 Å². The fraction of sp³-hybridized carbons (Fsp3) is 0.524. The zero-order valence-electron chi connectivity index (χ0n) is 16.0. The third-order valence-electron chi connectivity index (χ3n) is 4.80. The lowest BCUT2D eigenvalue weighted by molar-refractivity contribution is -0.133. The van der Waals surface area contributed by atoms with Crippen molar-refractivity contribution in [3.63, 3.8) is 0 Å². The van der Waals surface area contributed by atoms with Crippen LogP contribution in [0.4, 0.5) is 0 Å². The maximum atomic E-state index is 12.5. The molecule has 2 atom stereocenters. The Morgan fingerprint density at radius 1 is 1.23 bits per heavy atom. The van der Waals surface area contributed by atoms with Crippen LogP contribution < -0.4 is 5.32 Å². The number of rotatable bonds is 7. The maximum absolute atomic E-state index is 12.5. The molecule has 1 aromatic carbocycles. The van der Waals surface area contributed by atoms with Gasteiger partial charge in [0, 0.05) is 43.8 Å². The third kappa shape index (κ3) is 5.68. The van der Waals surface area contributed by atoms with Gasteiger partial charge in [0.2, 0.25) is 5.91 Å². The summed E-state index contributed by atoms with van der Waals surface area (Å²) < 4.78 is 0. The van der Waals surface area contributed by atoms with Crippen LogP contribution in [0.5, 0.6) is 0 Å². The standard InChI is InChI=1S/C21H30N3O2/c1-4-6-18(22)13-15-9-11-16(12-10-15)20(25)23-19-8-5-7-17(14-19)21(26)24(2)3/h8-12,17,19,22H,4-7,13-14H2,1-3H3,(H,23,25). The molecule has 2 N–H and O–H groups in total. The first kappa shape index (κ1) is 20.1. The van der Waals surface area contributed by atoms with Crippen LogP contribution in [-0.2, 0) is 11.2 Å². The predicted molar refractivity (Wildman–Crippen MR) is 104 cm³/mol. The van der Waals surface area contributed by atoms with E-state index in [-0.39, 0.29) is 23.8 Å². The lowest BCUT2D eigenvalue weighted by atomic mass is 9.84. The molecule has 1 fully saturated rings. The van der Waals surface area contributed by atoms with Crippen LogP contribution in [0.3, 0.4) is 0 Å². The highest BCUT2D eigenvalue weighted by molar-refractivity contribution is 5.94. The first-order valence-electron chi connectivity index (χ1n) is 9.41. The average molecular weight is 356 g/mol. The molecule has 1 radical (unpaired) electrons. The zero-order valence-corrected chi connectivity index (χ0v) is 16.0. The Labute approximate surface area is 156 Å². The molecule has 0 spiro atoms. The summed E-state index contributed by atoms with van der Waals surface area (Å²) in [5.41, 5.74) is 2.39. The van der Waals surface area contributed by atoms with Crippen LogP contribution in [0, 0.1) is 17.7 Å². The maximum Gasteiger partial charge on any atom is 0.251 e. The van der Waals surface area contributed by atoms with Crippen LogP contribution in [0.1, 0.15) is 54.9 Å². The molecule has 5 nitrogen and oxygen atoms in total. The highest BCUT2D eigenvalue weighted by Crippen LogP contribution is 2.25. The summed E-state index contributed by atoms with van der Waals surface area (Å²) in [5.74, 6) is 0.00266. The van der Waals surface area contributed by atoms with Gasteiger partial charge < -0.3 is 15.6 Å². The monoisotopic (exact) mass is 356 g/mol. The summed E-state index contributed by atoms with van der Waals surface area (Å²) in [6.45, 7) is 2.07. The fourth-order valence-electron chi connectivity index (χ4n) is 3.39. The first-order valence-corrected chi connectivity index (χ1v) is 9.41. The van der Waals surface area contributed by atoms with Crippen LogP contribution in [0.15, 0.2) is 24.3 Å². The van der Waals surface area contributed by atoms with Crippen molar-refractivity contribution in [3.8, 4) is 0 Å². The summed E-state index contributed by atoms with van der Waals surface area (Å²) in [6.07, 6.45) is 6.88. The third-order valence-corrected chi connectivity index (χ3v) is 4.80. The van der Waals surface area contributed by atoms with Crippen molar-refractivity contribution in [1.82, 2.24) is 10.2 Å². The molecule has 0 heterocycles. The number of hydrogen-bond acceptors (Lipinski definition) is 3. The molecule has 1 saturated carbocycles. The smallest absolute Gasteiger partial charge is 0.251 e. The minimum absolute atomic E-state index is 0.0211. The lowest BCUT2D eigenvalue weighted by Crippen LogP contribution is -2.42. The Kier molecular flexibility index (Phi) is 7.37. The summed E-state index contributed by atoms with van der Waals surface area (Å²) in [7, 11) is 3.55. The van der Waals surface area contributed by atoms with Crippen molar-refractivity contribution in [3.05, 3.63) is 41.8 Å². The van der Waals surface area contributed by atoms with Crippen molar-refractivity contribution in [2.45, 2.75) is 51.5 Å². The van der Waals surface area contributed by atoms with Gasteiger partial charge in [-0.3, -0.25) is 9.59 Å². The number of amides is 2. The van der Waals surface area contributed by atoms with Gasteiger partial charge in [-0.15, -0.1) is 0 Å². The topological polar surface area (TPSA) is 73.3 Å². The second-order valence-corrected chi connectivity index (χ2v) is 7.29. The van der Waals surface area contributed by atoms with Gasteiger partial charge in [-0.05, 0) is 49.8 Å². The van der Waals surface area contributed by atoms with E-state index in [2.05, 4.69) is 18.7 Å². The van der Waals surface area contributed by atoms with E-state index in [0.717, 1.165) is 37.0 Å². The van der Waals surface area contributed by atoms with Crippen molar-refractivity contribution >= 4 is 17.5 Å². The van der Waals surface area contributed by atoms with Gasteiger partial charge in [0.1, 0.15) is 0 Å². The van der Waals surface area contributed by atoms with Crippen molar-refractivity contribution in [1.29, 1.82) is 5.41 Å². The Morgan fingerprint density at radius 2 is 1.92 bits per heavy atom. The van der Waals surface area contributed by atoms with Gasteiger partial charge in [0.15, 0.2) is 0 Å². The molecular weight excluding hydrogens is 326 g/mol. The van der Waals surface area contributed by atoms with E-state index in [4.69, 9.17) is 5.41 Å². The Hall–Kier alpha value is -2.17. The molecule has 0 aromatic heterocycles. The van der Waals surface area contributed by atoms with E-state index in [0.29, 0.717) is 18.4 Å². The van der Waals surface area contributed by atoms with Crippen molar-refractivity contribution < 1.29 is 9.59 Å². The Balaban J connectivity index is 1.90. The van der Waals surface area contributed by atoms with Gasteiger partial charge in [-0.1, -0.05) is 25.5 Å². The number of hydrogen-bond donors (Lipinski definition) is 2. The van der Waals surface area contributed by atoms with Gasteiger partial charge in [0.25, 0.3) is 5.91 Å². The van der Waals surface area contributed by atoms with Crippen molar-refractivity contribution in [2.75, 3.05) is 14.1 Å². The van der Waals surface area contributed by atoms with E-state index in [1.807, 2.05) is 24.3 Å². The molecule has 0 saturated heterocycles. The van der Waals surface area contributed by atoms with Gasteiger partial charge in [0.05, 0.1) is 0 Å². The highest BCUT2D eigenvalue weighted by Gasteiger charge is 2.29. The van der Waals surface area contributed by atoms with Crippen LogP contribution in [-0.4, -0.2) is 42.6 Å². The van der Waals surface area contributed by atoms with Gasteiger partial charge in [-0.25, -0.2) is 0 Å². The molecular formula is C21H30N3O2. The Bertz CT molecular complexity index is 637. The van der Waals surface area contributed by atoms with E-state index >= 15 is 0 Å². The molecule has 141 valence electrons. The second-order valence-electron chi connectivity index (χ2n) is 7.29. The summed E-state index contributed by atoms with van der Waals surface area (Å²) in [6, 6.07) is 7.40. The van der Waals surface area contributed by atoms with Crippen LogP contribution in [0.2, 0.25) is 0 Å². The minimum Gasteiger partial charge on any atom is -0.349 e. The van der Waals surface area contributed by atoms with E-state index in [9.17, 15) is 9.59 Å². The van der Waals surface area contributed by atoms with Gasteiger partial charge in [-0.2, -0.15) is 0 Å². The molecule has 1 aliphatic carbocycles. The quantitative estimate of drug-likeness (QED) is 0.736. The molecule has 0 bridgehead atoms. The van der Waals surface area contributed by atoms with Crippen LogP contribution >= 0.6 is 0 Å². The fourth-order valence-corrected chi connectivity index (χ4v) is 3.39. The largest absolute Gasteiger partial charge is 0.349 e. The van der Waals surface area contributed by atoms with E-state index in [1.165, 1.54) is 0 Å². The first-order chi connectivity index (χ1) is 12.4. The minimum atomic E-state index is -0.112. The van der Waals surface area contributed by atoms with E-state index in [1.54, 1.807) is 19.0 Å². The number of benzene rings is 1. The summed E-state index contributed by atoms with van der Waals surface area (Å²) in [5, 5.41) is 10.9. The number of carbonyl (C=O) groups excluding carboxylic acids is 2. The molecule has 1 aromatic rings. The molecule has 2 amide bonds. The molecule has 1 aliphatic rings. The number of carbonyl (C=O) groups is 2. The lowest BCUT2D eigenvalue weighted by Gasteiger charge is -2.30. The molecule has 2 unspecified atom stereocenters. The van der Waals surface area contributed by atoms with Crippen LogP contribution in [0.25, 0.3) is 0 Å². The average Bonchev–Trinajstić information content (AvgIpc) is 2.62. The normalized spacial score (nSPS) is 19.7. The van der Waals surface area contributed by atoms with E-state index < -0.39 is 0 Å². The molecule has 26 heavy (non-hydrogen) atoms.